The Morgan fingerprint density at radius 2 is 0.667 bits per heavy atom. The quantitative estimate of drug-likeness (QED) is 0.176. The van der Waals surface area contributed by atoms with Crippen molar-refractivity contribution in [3.05, 3.63) is 46.0 Å². The van der Waals surface area contributed by atoms with Crippen LogP contribution >= 0.6 is 0 Å². The molecule has 0 rings (SSSR count). The fourth-order valence-corrected chi connectivity index (χ4v) is 0. The first-order valence-corrected chi connectivity index (χ1v) is 2.67. The van der Waals surface area contributed by atoms with E-state index in [0.29, 0.717) is 0 Å². The van der Waals surface area contributed by atoms with Gasteiger partial charge in [0.1, 0.15) is 0 Å². The van der Waals surface area contributed by atoms with Crippen molar-refractivity contribution in [1.29, 1.82) is 0 Å². The molecule has 0 spiro atoms. The molecule has 0 unspecified atom stereocenters. The molecule has 0 aromatic rings. The molecule has 0 fully saturated rings. The molecule has 0 saturated heterocycles. The molecule has 19 heteroatoms. The standard InChI is InChI=1S/C2H6O.Bi.3NO3.5H2O/c1-2-3;;3*2-1(3)4;;;;;/h3H,2H2,1H3;;;;;5*1H2/q;+3;3*-1;;;;;. The Morgan fingerprint density at radius 1 is 0.667 bits per heavy atom. The van der Waals surface area contributed by atoms with Gasteiger partial charge in [-0.25, -0.2) is 0 Å². The Balaban J connectivity index is -0.00000000881. The van der Waals surface area contributed by atoms with Crippen molar-refractivity contribution >= 4 is 26.2 Å². The van der Waals surface area contributed by atoms with Crippen molar-refractivity contribution < 1.29 is 47.7 Å². The van der Waals surface area contributed by atoms with Crippen molar-refractivity contribution in [2.24, 2.45) is 0 Å². The van der Waals surface area contributed by atoms with E-state index in [1.54, 1.807) is 6.92 Å². The predicted molar refractivity (Wildman–Crippen MR) is 67.7 cm³/mol. The maximum Gasteiger partial charge on any atom is 3.00 e. The van der Waals surface area contributed by atoms with Gasteiger partial charge >= 0.3 is 26.2 Å². The largest absolute Gasteiger partial charge is 3.00 e. The zero-order valence-corrected chi connectivity index (χ0v) is 13.6. The molecule has 11 N–H and O–H groups in total. The summed E-state index contributed by atoms with van der Waals surface area (Å²) in [5.74, 6) is 0. The van der Waals surface area contributed by atoms with Gasteiger partial charge in [-0.1, -0.05) is 0 Å². The van der Waals surface area contributed by atoms with Crippen LogP contribution in [0.15, 0.2) is 0 Å². The summed E-state index contributed by atoms with van der Waals surface area (Å²) in [7, 11) is 0. The zero-order chi connectivity index (χ0) is 13.4. The normalized spacial score (nSPS) is 4.29. The van der Waals surface area contributed by atoms with E-state index < -0.39 is 15.3 Å². The molecule has 2 radical (unpaired) electrons. The van der Waals surface area contributed by atoms with E-state index in [2.05, 4.69) is 0 Å². The van der Waals surface area contributed by atoms with Crippen molar-refractivity contribution in [1.82, 2.24) is 0 Å². The molecule has 0 aliphatic rings. The Kier molecular flexibility index (Phi) is 285. The van der Waals surface area contributed by atoms with Gasteiger partial charge in [-0.3, -0.25) is 0 Å². The summed E-state index contributed by atoms with van der Waals surface area (Å²) >= 11 is 0. The number of rotatable bonds is 0. The van der Waals surface area contributed by atoms with Gasteiger partial charge in [0.25, 0.3) is 0 Å². The van der Waals surface area contributed by atoms with Gasteiger partial charge in [0.05, 0.1) is 15.3 Å². The van der Waals surface area contributed by atoms with Crippen molar-refractivity contribution in [2.45, 2.75) is 6.92 Å². The predicted octanol–water partition coefficient (Wildman–Crippen LogP) is -5.22. The average Bonchev–Trinajstić information content (AvgIpc) is 1.81. The molecule has 0 saturated carbocycles. The number of aliphatic hydroxyl groups excluding tert-OH is 1. The molecule has 0 aromatic carbocycles. The SMILES string of the molecule is CCO.O.O.O.O.O.O=[N+]([O-])[O-].O=[N+]([O-])[O-].O=[N+]([O-])[O-].[Bi+3]. The molecule has 0 atom stereocenters. The Morgan fingerprint density at radius 3 is 0.667 bits per heavy atom. The third-order valence-corrected chi connectivity index (χ3v) is 0. The van der Waals surface area contributed by atoms with Gasteiger partial charge in [-0.2, -0.15) is 0 Å². The summed E-state index contributed by atoms with van der Waals surface area (Å²) < 4.78 is 0. The second-order valence-corrected chi connectivity index (χ2v) is 0.987. The van der Waals surface area contributed by atoms with E-state index in [9.17, 15) is 0 Å². The fraction of sp³-hybridized carbons (Fsp3) is 1.00. The van der Waals surface area contributed by atoms with Crippen LogP contribution in [0.4, 0.5) is 0 Å². The maximum absolute atomic E-state index is 8.25. The molecular formula is C2H16BiN3O15. The molecule has 0 aliphatic heterocycles. The van der Waals surface area contributed by atoms with Crippen LogP contribution in [-0.4, -0.2) is 80.6 Å². The first-order valence-electron chi connectivity index (χ1n) is 2.67. The summed E-state index contributed by atoms with van der Waals surface area (Å²) in [6.07, 6.45) is 0. The molecule has 0 heterocycles. The second kappa shape index (κ2) is 79.8. The fourth-order valence-electron chi connectivity index (χ4n) is 0. The summed E-state index contributed by atoms with van der Waals surface area (Å²) in [6.45, 7) is 1.93. The van der Waals surface area contributed by atoms with Crippen LogP contribution in [0.2, 0.25) is 0 Å². The molecule has 0 aromatic heterocycles. The zero-order valence-electron chi connectivity index (χ0n) is 10.1. The van der Waals surface area contributed by atoms with E-state index in [4.69, 9.17) is 51.1 Å². The molecule has 18 nitrogen and oxygen atoms in total. The van der Waals surface area contributed by atoms with E-state index in [0.717, 1.165) is 0 Å². The summed E-state index contributed by atoms with van der Waals surface area (Å²) in [6, 6.07) is 0. The molecular weight excluding hydrogens is 515 g/mol. The van der Waals surface area contributed by atoms with Crippen LogP contribution in [0, 0.1) is 46.0 Å². The van der Waals surface area contributed by atoms with Gasteiger partial charge < -0.3 is 78.5 Å². The molecule has 21 heavy (non-hydrogen) atoms. The minimum atomic E-state index is -1.75. The third-order valence-electron chi connectivity index (χ3n) is 0. The Labute approximate surface area is 134 Å². The smallest absolute Gasteiger partial charge is 0.412 e. The Hall–Kier alpha value is -1.76. The summed E-state index contributed by atoms with van der Waals surface area (Å²) in [5.41, 5.74) is 0. The third kappa shape index (κ3) is 1560. The van der Waals surface area contributed by atoms with Gasteiger partial charge in [0.15, 0.2) is 0 Å². The minimum absolute atomic E-state index is 0. The van der Waals surface area contributed by atoms with Crippen LogP contribution < -0.4 is 0 Å². The summed E-state index contributed by atoms with van der Waals surface area (Å²) in [4.78, 5) is 24.8. The monoisotopic (exact) mass is 531 g/mol. The number of aliphatic hydroxyl groups is 1. The van der Waals surface area contributed by atoms with Crippen molar-refractivity contribution in [3.8, 4) is 0 Å². The van der Waals surface area contributed by atoms with Gasteiger partial charge in [0.2, 0.25) is 0 Å². The topological polar surface area (TPSA) is 376 Å². The van der Waals surface area contributed by atoms with Crippen LogP contribution in [0.1, 0.15) is 6.92 Å². The second-order valence-electron chi connectivity index (χ2n) is 0.987. The number of nitrogens with zero attached hydrogens (tertiary/aromatic N) is 3. The van der Waals surface area contributed by atoms with E-state index in [1.165, 1.54) is 0 Å². The van der Waals surface area contributed by atoms with Crippen LogP contribution in [0.3, 0.4) is 0 Å². The molecule has 0 amide bonds. The van der Waals surface area contributed by atoms with Gasteiger partial charge in [-0.05, 0) is 6.92 Å². The van der Waals surface area contributed by atoms with Crippen molar-refractivity contribution in [3.63, 3.8) is 0 Å². The maximum atomic E-state index is 8.25. The first-order chi connectivity index (χ1) is 6.61. The molecule has 0 bridgehead atoms. The first kappa shape index (κ1) is 75.0. The molecule has 134 valence electrons. The van der Waals surface area contributed by atoms with Crippen LogP contribution in [0.25, 0.3) is 0 Å². The van der Waals surface area contributed by atoms with Crippen molar-refractivity contribution in [2.75, 3.05) is 6.61 Å². The van der Waals surface area contributed by atoms with Gasteiger partial charge in [-0.15, -0.1) is 0 Å². The molecule has 0 aliphatic carbocycles. The van der Waals surface area contributed by atoms with E-state index >= 15 is 0 Å². The summed E-state index contributed by atoms with van der Waals surface area (Å²) in [5, 5.41) is 51.8. The van der Waals surface area contributed by atoms with Crippen LogP contribution in [0.5, 0.6) is 0 Å². The van der Waals surface area contributed by atoms with E-state index in [1.807, 2.05) is 0 Å². The van der Waals surface area contributed by atoms with Crippen LogP contribution in [-0.2, 0) is 0 Å². The number of hydrogen-bond acceptors (Lipinski definition) is 10. The average molecular weight is 531 g/mol. The number of hydrogen-bond donors (Lipinski definition) is 1. The Bertz CT molecular complexity index is 136. The minimum Gasteiger partial charge on any atom is -0.412 e. The van der Waals surface area contributed by atoms with Gasteiger partial charge in [0, 0.05) is 6.61 Å². The van der Waals surface area contributed by atoms with E-state index in [-0.39, 0.29) is 60.2 Å².